The van der Waals surface area contributed by atoms with Gasteiger partial charge in [0.05, 0.1) is 11.8 Å². The van der Waals surface area contributed by atoms with E-state index in [0.29, 0.717) is 17.8 Å². The van der Waals surface area contributed by atoms with E-state index in [4.69, 9.17) is 9.26 Å². The zero-order valence-corrected chi connectivity index (χ0v) is 14.2. The van der Waals surface area contributed by atoms with Crippen LogP contribution in [0, 0.1) is 0 Å². The van der Waals surface area contributed by atoms with Gasteiger partial charge in [-0.15, -0.1) is 0 Å². The van der Waals surface area contributed by atoms with Crippen molar-refractivity contribution >= 4 is 5.91 Å². The molecule has 1 aliphatic carbocycles. The number of carbonyl (C=O) groups excluding carboxylic acids is 1. The van der Waals surface area contributed by atoms with Crippen molar-refractivity contribution < 1.29 is 14.1 Å². The molecule has 0 aliphatic heterocycles. The molecule has 1 heterocycles. The van der Waals surface area contributed by atoms with Gasteiger partial charge in [-0.05, 0) is 38.5 Å². The molecule has 1 aromatic rings. The van der Waals surface area contributed by atoms with E-state index in [1.165, 1.54) is 0 Å². The molecule has 1 amide bonds. The molecule has 0 radical (unpaired) electrons. The largest absolute Gasteiger partial charge is 0.381 e. The highest BCUT2D eigenvalue weighted by atomic mass is 16.5. The smallest absolute Gasteiger partial charge is 0.292 e. The molecule has 1 fully saturated rings. The lowest BCUT2D eigenvalue weighted by atomic mass is 9.92. The van der Waals surface area contributed by atoms with Crippen molar-refractivity contribution in [3.63, 3.8) is 0 Å². The van der Waals surface area contributed by atoms with Crippen LogP contribution in [0.15, 0.2) is 10.6 Å². The van der Waals surface area contributed by atoms with Crippen molar-refractivity contribution in [3.05, 3.63) is 17.5 Å². The fourth-order valence-corrected chi connectivity index (χ4v) is 3.30. The predicted molar refractivity (Wildman–Crippen MR) is 85.0 cm³/mol. The summed E-state index contributed by atoms with van der Waals surface area (Å²) in [5.74, 6) is 0.664. The van der Waals surface area contributed by atoms with E-state index < -0.39 is 0 Å². The SMILES string of the molecule is CCC(CC)c1cc(C(=O)N(C)C2CCC(OC)CC2)on1. The third-order valence-electron chi connectivity index (χ3n) is 4.99. The summed E-state index contributed by atoms with van der Waals surface area (Å²) in [7, 11) is 3.62. The van der Waals surface area contributed by atoms with E-state index in [2.05, 4.69) is 19.0 Å². The summed E-state index contributed by atoms with van der Waals surface area (Å²) in [6.45, 7) is 4.26. The summed E-state index contributed by atoms with van der Waals surface area (Å²) >= 11 is 0. The Morgan fingerprint density at radius 2 is 2.00 bits per heavy atom. The third-order valence-corrected chi connectivity index (χ3v) is 4.99. The van der Waals surface area contributed by atoms with Crippen LogP contribution in [0.2, 0.25) is 0 Å². The second-order valence-corrected chi connectivity index (χ2v) is 6.21. The lowest BCUT2D eigenvalue weighted by Crippen LogP contribution is -2.40. The molecule has 0 unspecified atom stereocenters. The summed E-state index contributed by atoms with van der Waals surface area (Å²) in [5.41, 5.74) is 0.893. The highest BCUT2D eigenvalue weighted by Gasteiger charge is 2.29. The van der Waals surface area contributed by atoms with E-state index >= 15 is 0 Å². The molecular weight excluding hydrogens is 280 g/mol. The molecular formula is C17H28N2O3. The number of hydrogen-bond acceptors (Lipinski definition) is 4. The predicted octanol–water partition coefficient (Wildman–Crippen LogP) is 3.61. The monoisotopic (exact) mass is 308 g/mol. The quantitative estimate of drug-likeness (QED) is 0.805. The molecule has 0 aromatic carbocycles. The minimum absolute atomic E-state index is 0.0643. The van der Waals surface area contributed by atoms with Crippen LogP contribution in [0.1, 0.15) is 74.5 Å². The van der Waals surface area contributed by atoms with Crippen LogP contribution >= 0.6 is 0 Å². The Bertz CT molecular complexity index is 474. The summed E-state index contributed by atoms with van der Waals surface area (Å²) in [6, 6.07) is 2.08. The maximum atomic E-state index is 12.6. The number of ether oxygens (including phenoxy) is 1. The number of rotatable bonds is 6. The van der Waals surface area contributed by atoms with E-state index in [1.54, 1.807) is 7.11 Å². The lowest BCUT2D eigenvalue weighted by Gasteiger charge is -2.33. The maximum absolute atomic E-state index is 12.6. The Kier molecular flexibility index (Phi) is 6.00. The lowest BCUT2D eigenvalue weighted by molar-refractivity contribution is 0.0369. The average Bonchev–Trinajstić information content (AvgIpc) is 3.04. The van der Waals surface area contributed by atoms with Crippen LogP contribution in [0.25, 0.3) is 0 Å². The van der Waals surface area contributed by atoms with Crippen molar-refractivity contribution in [3.8, 4) is 0 Å². The molecule has 0 atom stereocenters. The van der Waals surface area contributed by atoms with E-state index in [-0.39, 0.29) is 11.9 Å². The summed E-state index contributed by atoms with van der Waals surface area (Å²) in [5, 5.41) is 4.09. The molecule has 0 spiro atoms. The van der Waals surface area contributed by atoms with Crippen molar-refractivity contribution in [2.24, 2.45) is 0 Å². The Morgan fingerprint density at radius 3 is 2.55 bits per heavy atom. The first-order chi connectivity index (χ1) is 10.6. The van der Waals surface area contributed by atoms with Gasteiger partial charge in [-0.1, -0.05) is 19.0 Å². The Balaban J connectivity index is 1.99. The van der Waals surface area contributed by atoms with Crippen molar-refractivity contribution in [1.82, 2.24) is 10.1 Å². The van der Waals surface area contributed by atoms with Crippen LogP contribution < -0.4 is 0 Å². The van der Waals surface area contributed by atoms with Crippen LogP contribution in [0.3, 0.4) is 0 Å². The van der Waals surface area contributed by atoms with Gasteiger partial charge >= 0.3 is 0 Å². The van der Waals surface area contributed by atoms with Gasteiger partial charge in [-0.2, -0.15) is 0 Å². The number of aromatic nitrogens is 1. The van der Waals surface area contributed by atoms with Gasteiger partial charge in [-0.25, -0.2) is 0 Å². The Labute approximate surface area is 133 Å². The van der Waals surface area contributed by atoms with Crippen LogP contribution in [0.5, 0.6) is 0 Å². The molecule has 5 heteroatoms. The van der Waals surface area contributed by atoms with Crippen LogP contribution in [0.4, 0.5) is 0 Å². The fourth-order valence-electron chi connectivity index (χ4n) is 3.30. The molecule has 1 aliphatic rings. The van der Waals surface area contributed by atoms with Gasteiger partial charge in [0.2, 0.25) is 5.76 Å². The molecule has 0 bridgehead atoms. The minimum Gasteiger partial charge on any atom is -0.381 e. The molecule has 2 rings (SSSR count). The first kappa shape index (κ1) is 17.0. The number of hydrogen-bond donors (Lipinski definition) is 0. The second-order valence-electron chi connectivity index (χ2n) is 6.21. The van der Waals surface area contributed by atoms with Crippen molar-refractivity contribution in [1.29, 1.82) is 0 Å². The second kappa shape index (κ2) is 7.77. The number of nitrogens with zero attached hydrogens (tertiary/aromatic N) is 2. The maximum Gasteiger partial charge on any atom is 0.292 e. The molecule has 0 N–H and O–H groups in total. The molecule has 5 nitrogen and oxygen atoms in total. The van der Waals surface area contributed by atoms with Gasteiger partial charge in [-0.3, -0.25) is 4.79 Å². The zero-order valence-electron chi connectivity index (χ0n) is 14.2. The highest BCUT2D eigenvalue weighted by Crippen LogP contribution is 2.26. The molecule has 1 saturated carbocycles. The summed E-state index contributed by atoms with van der Waals surface area (Å²) in [6.07, 6.45) is 6.33. The topological polar surface area (TPSA) is 55.6 Å². The number of methoxy groups -OCH3 is 1. The molecule has 124 valence electrons. The zero-order chi connectivity index (χ0) is 16.1. The normalized spacial score (nSPS) is 22.0. The van der Waals surface area contributed by atoms with Crippen LogP contribution in [-0.4, -0.2) is 42.3 Å². The minimum atomic E-state index is -0.0643. The first-order valence-corrected chi connectivity index (χ1v) is 8.37. The number of amides is 1. The number of carbonyl (C=O) groups is 1. The Morgan fingerprint density at radius 1 is 1.36 bits per heavy atom. The van der Waals surface area contributed by atoms with Gasteiger partial charge in [0, 0.05) is 32.2 Å². The van der Waals surface area contributed by atoms with Gasteiger partial charge in [0.15, 0.2) is 0 Å². The molecule has 1 aromatic heterocycles. The van der Waals surface area contributed by atoms with E-state index in [9.17, 15) is 4.79 Å². The molecule has 0 saturated heterocycles. The molecule has 22 heavy (non-hydrogen) atoms. The van der Waals surface area contributed by atoms with Crippen molar-refractivity contribution in [2.45, 2.75) is 70.4 Å². The van der Waals surface area contributed by atoms with Gasteiger partial charge in [0.1, 0.15) is 0 Å². The van der Waals surface area contributed by atoms with E-state index in [1.807, 2.05) is 18.0 Å². The van der Waals surface area contributed by atoms with Crippen LogP contribution in [-0.2, 0) is 4.74 Å². The van der Waals surface area contributed by atoms with E-state index in [0.717, 1.165) is 44.2 Å². The first-order valence-electron chi connectivity index (χ1n) is 8.37. The van der Waals surface area contributed by atoms with Gasteiger partial charge < -0.3 is 14.2 Å². The van der Waals surface area contributed by atoms with Gasteiger partial charge in [0.25, 0.3) is 5.91 Å². The highest BCUT2D eigenvalue weighted by molar-refractivity contribution is 5.91. The van der Waals surface area contributed by atoms with Crippen molar-refractivity contribution in [2.75, 3.05) is 14.2 Å². The Hall–Kier alpha value is -1.36. The summed E-state index contributed by atoms with van der Waals surface area (Å²) in [4.78, 5) is 14.4. The summed E-state index contributed by atoms with van der Waals surface area (Å²) < 4.78 is 10.7. The standard InChI is InChI=1S/C17H28N2O3/c1-5-12(6-2)15-11-16(22-18-15)17(20)19(3)13-7-9-14(21-4)10-8-13/h11-14H,5-10H2,1-4H3. The average molecular weight is 308 g/mol. The fraction of sp³-hybridized carbons (Fsp3) is 0.765. The third kappa shape index (κ3) is 3.69.